The molecule has 0 saturated carbocycles. The van der Waals surface area contributed by atoms with E-state index in [-0.39, 0.29) is 12.6 Å². The summed E-state index contributed by atoms with van der Waals surface area (Å²) in [7, 11) is 3.25. The fraction of sp³-hybridized carbons (Fsp3) is 0.526. The highest BCUT2D eigenvalue weighted by molar-refractivity contribution is 5.80. The van der Waals surface area contributed by atoms with E-state index in [1.807, 2.05) is 6.07 Å². The number of likely N-dealkylation sites (tertiary alicyclic amines) is 1. The Labute approximate surface area is 162 Å². The molecule has 0 spiro atoms. The fourth-order valence-corrected chi connectivity index (χ4v) is 3.19. The molecule has 1 heterocycles. The summed E-state index contributed by atoms with van der Waals surface area (Å²) in [6.07, 6.45) is -3.84. The van der Waals surface area contributed by atoms with Crippen molar-refractivity contribution in [2.75, 3.05) is 33.7 Å². The summed E-state index contributed by atoms with van der Waals surface area (Å²) in [5, 5.41) is 8.82. The van der Waals surface area contributed by atoms with E-state index in [4.69, 9.17) is 5.26 Å². The van der Waals surface area contributed by atoms with Crippen molar-refractivity contribution in [1.82, 2.24) is 14.7 Å². The Hall–Kier alpha value is -2.76. The number of rotatable bonds is 4. The van der Waals surface area contributed by atoms with E-state index in [9.17, 15) is 22.8 Å². The topological polar surface area (TPSA) is 67.7 Å². The van der Waals surface area contributed by atoms with Crippen LogP contribution >= 0.6 is 0 Å². The predicted molar refractivity (Wildman–Crippen MR) is 96.0 cm³/mol. The van der Waals surface area contributed by atoms with Crippen molar-refractivity contribution in [1.29, 1.82) is 5.26 Å². The first-order valence-corrected chi connectivity index (χ1v) is 8.91. The van der Waals surface area contributed by atoms with Crippen LogP contribution in [0.25, 0.3) is 0 Å². The lowest BCUT2D eigenvalue weighted by Gasteiger charge is -2.35. The third kappa shape index (κ3) is 5.87. The number of carbonyl (C=O) groups is 2. The molecule has 0 aliphatic carbocycles. The predicted octanol–water partition coefficient (Wildman–Crippen LogP) is 2.84. The molecule has 0 aromatic heterocycles. The maximum atomic E-state index is 13.0. The SMILES string of the molecule is CN(C)C(=O)N1CCC(C(=O)N(Cc2ccc(C#N)cc2)CC(F)(F)F)CC1. The smallest absolute Gasteiger partial charge is 0.331 e. The van der Waals surface area contributed by atoms with Gasteiger partial charge in [0.25, 0.3) is 0 Å². The maximum Gasteiger partial charge on any atom is 0.406 e. The van der Waals surface area contributed by atoms with Crippen LogP contribution in [0.5, 0.6) is 0 Å². The lowest BCUT2D eigenvalue weighted by molar-refractivity contribution is -0.165. The van der Waals surface area contributed by atoms with Gasteiger partial charge in [0.1, 0.15) is 6.54 Å². The Morgan fingerprint density at radius 1 is 1.18 bits per heavy atom. The second-order valence-electron chi connectivity index (χ2n) is 7.06. The second-order valence-corrected chi connectivity index (χ2v) is 7.06. The Bertz CT molecular complexity index is 733. The lowest BCUT2D eigenvalue weighted by atomic mass is 9.95. The normalized spacial score (nSPS) is 15.1. The monoisotopic (exact) mass is 396 g/mol. The highest BCUT2D eigenvalue weighted by Gasteiger charge is 2.37. The first kappa shape index (κ1) is 21.5. The van der Waals surface area contributed by atoms with Crippen LogP contribution < -0.4 is 0 Å². The third-order valence-corrected chi connectivity index (χ3v) is 4.64. The Kier molecular flexibility index (Phi) is 6.89. The van der Waals surface area contributed by atoms with Crippen LogP contribution in [-0.4, -0.2) is 66.5 Å². The average molecular weight is 396 g/mol. The maximum absolute atomic E-state index is 13.0. The van der Waals surface area contributed by atoms with Gasteiger partial charge in [-0.05, 0) is 30.5 Å². The molecule has 1 aliphatic heterocycles. The molecule has 152 valence electrons. The number of hydrogen-bond donors (Lipinski definition) is 0. The molecule has 2 rings (SSSR count). The molecule has 1 fully saturated rings. The molecule has 1 saturated heterocycles. The van der Waals surface area contributed by atoms with Gasteiger partial charge in [-0.15, -0.1) is 0 Å². The molecule has 0 unspecified atom stereocenters. The van der Waals surface area contributed by atoms with E-state index >= 15 is 0 Å². The van der Waals surface area contributed by atoms with E-state index in [0.29, 0.717) is 37.1 Å². The molecule has 1 aromatic carbocycles. The minimum absolute atomic E-state index is 0.171. The van der Waals surface area contributed by atoms with Crippen LogP contribution in [0.15, 0.2) is 24.3 Å². The summed E-state index contributed by atoms with van der Waals surface area (Å²) in [6.45, 7) is -0.835. The van der Waals surface area contributed by atoms with Gasteiger partial charge >= 0.3 is 12.2 Å². The van der Waals surface area contributed by atoms with Gasteiger partial charge in [-0.1, -0.05) is 12.1 Å². The summed E-state index contributed by atoms with van der Waals surface area (Å²) >= 11 is 0. The summed E-state index contributed by atoms with van der Waals surface area (Å²) in [5.41, 5.74) is 0.923. The number of amides is 3. The summed E-state index contributed by atoms with van der Waals surface area (Å²) in [4.78, 5) is 28.6. The number of nitrogens with zero attached hydrogens (tertiary/aromatic N) is 4. The van der Waals surface area contributed by atoms with Gasteiger partial charge in [-0.3, -0.25) is 4.79 Å². The molecular formula is C19H23F3N4O2. The number of halogens is 3. The summed E-state index contributed by atoms with van der Waals surface area (Å²) < 4.78 is 39.0. The summed E-state index contributed by atoms with van der Waals surface area (Å²) in [5.74, 6) is -1.11. The number of benzene rings is 1. The highest BCUT2D eigenvalue weighted by atomic mass is 19.4. The lowest BCUT2D eigenvalue weighted by Crippen LogP contribution is -2.48. The molecular weight excluding hydrogens is 373 g/mol. The van der Waals surface area contributed by atoms with Crippen LogP contribution in [0.1, 0.15) is 24.0 Å². The summed E-state index contributed by atoms with van der Waals surface area (Å²) in [6, 6.07) is 7.89. The van der Waals surface area contributed by atoms with Gasteiger partial charge in [0.2, 0.25) is 5.91 Å². The molecule has 6 nitrogen and oxygen atoms in total. The largest absolute Gasteiger partial charge is 0.406 e. The van der Waals surface area contributed by atoms with Crippen LogP contribution in [-0.2, 0) is 11.3 Å². The van der Waals surface area contributed by atoms with E-state index < -0.39 is 24.5 Å². The van der Waals surface area contributed by atoms with Crippen molar-refractivity contribution in [3.05, 3.63) is 35.4 Å². The molecule has 1 aliphatic rings. The molecule has 0 N–H and O–H groups in total. The molecule has 1 aromatic rings. The van der Waals surface area contributed by atoms with Crippen LogP contribution in [0.4, 0.5) is 18.0 Å². The third-order valence-electron chi connectivity index (χ3n) is 4.64. The van der Waals surface area contributed by atoms with E-state index in [2.05, 4.69) is 0 Å². The first-order chi connectivity index (χ1) is 13.1. The second kappa shape index (κ2) is 8.95. The van der Waals surface area contributed by atoms with Crippen molar-refractivity contribution >= 4 is 11.9 Å². The molecule has 0 atom stereocenters. The van der Waals surface area contributed by atoms with Crippen molar-refractivity contribution in [2.24, 2.45) is 5.92 Å². The molecule has 0 radical (unpaired) electrons. The van der Waals surface area contributed by atoms with Crippen LogP contribution in [0, 0.1) is 17.2 Å². The Morgan fingerprint density at radius 2 is 1.75 bits per heavy atom. The van der Waals surface area contributed by atoms with Gasteiger partial charge in [0, 0.05) is 39.6 Å². The zero-order chi connectivity index (χ0) is 20.9. The van der Waals surface area contributed by atoms with E-state index in [0.717, 1.165) is 4.90 Å². The first-order valence-electron chi connectivity index (χ1n) is 8.91. The van der Waals surface area contributed by atoms with E-state index in [1.54, 1.807) is 31.1 Å². The minimum atomic E-state index is -4.51. The Balaban J connectivity index is 2.07. The van der Waals surface area contributed by atoms with Gasteiger partial charge < -0.3 is 14.7 Å². The molecule has 9 heteroatoms. The number of piperidine rings is 1. The zero-order valence-corrected chi connectivity index (χ0v) is 15.9. The molecule has 0 bridgehead atoms. The van der Waals surface area contributed by atoms with Gasteiger partial charge in [0.05, 0.1) is 11.6 Å². The highest BCUT2D eigenvalue weighted by Crippen LogP contribution is 2.25. The Morgan fingerprint density at radius 3 is 2.21 bits per heavy atom. The van der Waals surface area contributed by atoms with Crippen LogP contribution in [0.2, 0.25) is 0 Å². The number of alkyl halides is 3. The quantitative estimate of drug-likeness (QED) is 0.786. The van der Waals surface area contributed by atoms with Crippen molar-refractivity contribution in [2.45, 2.75) is 25.6 Å². The van der Waals surface area contributed by atoms with E-state index in [1.165, 1.54) is 17.0 Å². The number of urea groups is 1. The number of nitriles is 1. The van der Waals surface area contributed by atoms with Crippen molar-refractivity contribution < 1.29 is 22.8 Å². The zero-order valence-electron chi connectivity index (χ0n) is 15.9. The molecule has 3 amide bonds. The number of carbonyl (C=O) groups excluding carboxylic acids is 2. The average Bonchev–Trinajstić information content (AvgIpc) is 2.66. The van der Waals surface area contributed by atoms with Gasteiger partial charge in [-0.2, -0.15) is 18.4 Å². The fourth-order valence-electron chi connectivity index (χ4n) is 3.19. The van der Waals surface area contributed by atoms with Crippen molar-refractivity contribution in [3.63, 3.8) is 0 Å². The van der Waals surface area contributed by atoms with Gasteiger partial charge in [-0.25, -0.2) is 4.79 Å². The van der Waals surface area contributed by atoms with Crippen molar-refractivity contribution in [3.8, 4) is 6.07 Å². The number of hydrogen-bond acceptors (Lipinski definition) is 3. The minimum Gasteiger partial charge on any atom is -0.331 e. The van der Waals surface area contributed by atoms with Gasteiger partial charge in [0.15, 0.2) is 0 Å². The standard InChI is InChI=1S/C19H23F3N4O2/c1-24(2)18(28)25-9-7-16(8-10-25)17(27)26(13-19(20,21)22)12-15-5-3-14(11-23)4-6-15/h3-6,16H,7-10,12-13H2,1-2H3. The molecule has 28 heavy (non-hydrogen) atoms. The van der Waals surface area contributed by atoms with Crippen LogP contribution in [0.3, 0.4) is 0 Å².